The Morgan fingerprint density at radius 3 is 2.55 bits per heavy atom. The molecule has 0 amide bonds. The van der Waals surface area contributed by atoms with Gasteiger partial charge < -0.3 is 0 Å². The monoisotopic (exact) mass is 286 g/mol. The summed E-state index contributed by atoms with van der Waals surface area (Å²) in [6, 6.07) is 5.23. The molecule has 0 saturated heterocycles. The largest absolute Gasteiger partial charge is 0.416 e. The lowest BCUT2D eigenvalue weighted by atomic mass is 9.75. The Balaban J connectivity index is 2.33. The van der Waals surface area contributed by atoms with Gasteiger partial charge >= 0.3 is 6.18 Å². The minimum atomic E-state index is -4.32. The number of benzene rings is 1. The van der Waals surface area contributed by atoms with Gasteiger partial charge in [0.1, 0.15) is 0 Å². The summed E-state index contributed by atoms with van der Waals surface area (Å²) in [7, 11) is 0. The number of rotatable bonds is 3. The molecule has 2 atom stereocenters. The molecule has 20 heavy (non-hydrogen) atoms. The van der Waals surface area contributed by atoms with Crippen LogP contribution < -0.4 is 11.3 Å². The van der Waals surface area contributed by atoms with E-state index in [2.05, 4.69) is 19.3 Å². The summed E-state index contributed by atoms with van der Waals surface area (Å²) < 4.78 is 38.4. The van der Waals surface area contributed by atoms with Crippen LogP contribution in [0.4, 0.5) is 13.2 Å². The Bertz CT molecular complexity index is 468. The van der Waals surface area contributed by atoms with Crippen molar-refractivity contribution in [3.63, 3.8) is 0 Å². The molecule has 2 nitrogen and oxygen atoms in total. The molecule has 0 spiro atoms. The zero-order valence-electron chi connectivity index (χ0n) is 11.8. The average Bonchev–Trinajstić information content (AvgIpc) is 2.70. The van der Waals surface area contributed by atoms with E-state index >= 15 is 0 Å². The third-order valence-corrected chi connectivity index (χ3v) is 4.50. The van der Waals surface area contributed by atoms with Gasteiger partial charge in [0, 0.05) is 6.04 Å². The van der Waals surface area contributed by atoms with Gasteiger partial charge in [-0.3, -0.25) is 11.3 Å². The normalized spacial score (nSPS) is 23.8. The highest BCUT2D eigenvalue weighted by atomic mass is 19.4. The number of nitrogens with one attached hydrogen (secondary N) is 1. The summed E-state index contributed by atoms with van der Waals surface area (Å²) in [4.78, 5) is 0. The van der Waals surface area contributed by atoms with Crippen LogP contribution in [0, 0.1) is 11.3 Å². The van der Waals surface area contributed by atoms with E-state index in [1.54, 1.807) is 6.07 Å². The van der Waals surface area contributed by atoms with Crippen molar-refractivity contribution in [2.75, 3.05) is 0 Å². The molecule has 0 radical (unpaired) electrons. The minimum absolute atomic E-state index is 0.0886. The van der Waals surface area contributed by atoms with Crippen LogP contribution in [0.2, 0.25) is 0 Å². The van der Waals surface area contributed by atoms with E-state index in [1.807, 2.05) is 0 Å². The maximum absolute atomic E-state index is 12.8. The van der Waals surface area contributed by atoms with Crippen LogP contribution in [-0.2, 0) is 6.18 Å². The predicted octanol–water partition coefficient (Wildman–Crippen LogP) is 4.04. The molecule has 112 valence electrons. The van der Waals surface area contributed by atoms with Crippen LogP contribution in [0.25, 0.3) is 0 Å². The Labute approximate surface area is 117 Å². The molecule has 2 rings (SSSR count). The third kappa shape index (κ3) is 2.99. The van der Waals surface area contributed by atoms with Crippen LogP contribution in [0.3, 0.4) is 0 Å². The first-order valence-electron chi connectivity index (χ1n) is 6.89. The summed E-state index contributed by atoms with van der Waals surface area (Å²) in [5, 5.41) is 0. The number of alkyl halides is 3. The molecule has 0 bridgehead atoms. The van der Waals surface area contributed by atoms with E-state index < -0.39 is 11.7 Å². The fourth-order valence-corrected chi connectivity index (χ4v) is 3.32. The lowest BCUT2D eigenvalue weighted by Crippen LogP contribution is -2.37. The molecule has 5 heteroatoms. The first kappa shape index (κ1) is 15.3. The van der Waals surface area contributed by atoms with Crippen LogP contribution in [-0.4, -0.2) is 0 Å². The molecular formula is C15H21F3N2. The quantitative estimate of drug-likeness (QED) is 0.650. The van der Waals surface area contributed by atoms with Gasteiger partial charge in [0.2, 0.25) is 0 Å². The van der Waals surface area contributed by atoms with Crippen molar-refractivity contribution >= 4 is 0 Å². The van der Waals surface area contributed by atoms with Crippen molar-refractivity contribution < 1.29 is 13.2 Å². The standard InChI is InChI=1S/C15H21F3N2/c1-14(2)8-4-7-12(14)13(20-19)10-5-3-6-11(9-10)15(16,17)18/h3,5-6,9,12-13,20H,4,7-8,19H2,1-2H3. The second kappa shape index (κ2) is 5.37. The topological polar surface area (TPSA) is 38.0 Å². The SMILES string of the molecule is CC1(C)CCCC1C(NN)c1cccc(C(F)(F)F)c1. The average molecular weight is 286 g/mol. The van der Waals surface area contributed by atoms with Crippen molar-refractivity contribution in [2.24, 2.45) is 17.2 Å². The molecule has 0 heterocycles. The molecule has 2 unspecified atom stereocenters. The molecule has 0 aliphatic heterocycles. The van der Waals surface area contributed by atoms with Crippen molar-refractivity contribution in [2.45, 2.75) is 45.3 Å². The minimum Gasteiger partial charge on any atom is -0.271 e. The van der Waals surface area contributed by atoms with E-state index in [0.717, 1.165) is 25.3 Å². The Hall–Kier alpha value is -1.07. The van der Waals surface area contributed by atoms with Gasteiger partial charge in [-0.2, -0.15) is 13.2 Å². The summed E-state index contributed by atoms with van der Waals surface area (Å²) in [6.07, 6.45) is -1.16. The number of hydrogen-bond donors (Lipinski definition) is 2. The lowest BCUT2D eigenvalue weighted by Gasteiger charge is -2.34. The maximum Gasteiger partial charge on any atom is 0.416 e. The number of nitrogens with two attached hydrogens (primary N) is 1. The Morgan fingerprint density at radius 1 is 1.35 bits per heavy atom. The van der Waals surface area contributed by atoms with E-state index in [-0.39, 0.29) is 17.4 Å². The van der Waals surface area contributed by atoms with Crippen LogP contribution in [0.1, 0.15) is 50.3 Å². The Kier molecular flexibility index (Phi) is 4.12. The second-order valence-electron chi connectivity index (χ2n) is 6.25. The first-order valence-corrected chi connectivity index (χ1v) is 6.89. The zero-order chi connectivity index (χ0) is 15.0. The third-order valence-electron chi connectivity index (χ3n) is 4.50. The van der Waals surface area contributed by atoms with Crippen LogP contribution in [0.5, 0.6) is 0 Å². The smallest absolute Gasteiger partial charge is 0.271 e. The second-order valence-corrected chi connectivity index (χ2v) is 6.25. The van der Waals surface area contributed by atoms with Gasteiger partial charge in [0.15, 0.2) is 0 Å². The molecule has 1 fully saturated rings. The highest BCUT2D eigenvalue weighted by Gasteiger charge is 2.40. The summed E-state index contributed by atoms with van der Waals surface area (Å²) in [5.74, 6) is 5.88. The van der Waals surface area contributed by atoms with Crippen molar-refractivity contribution in [1.82, 2.24) is 5.43 Å². The highest BCUT2D eigenvalue weighted by molar-refractivity contribution is 5.29. The van der Waals surface area contributed by atoms with Crippen molar-refractivity contribution in [3.8, 4) is 0 Å². The Morgan fingerprint density at radius 2 is 2.05 bits per heavy atom. The van der Waals surface area contributed by atoms with Gasteiger partial charge in [0.05, 0.1) is 5.56 Å². The van der Waals surface area contributed by atoms with Gasteiger partial charge in [-0.1, -0.05) is 32.4 Å². The van der Waals surface area contributed by atoms with E-state index in [9.17, 15) is 13.2 Å². The molecule has 1 saturated carbocycles. The molecular weight excluding hydrogens is 265 g/mol. The summed E-state index contributed by atoms with van der Waals surface area (Å²) in [5.41, 5.74) is 2.81. The molecule has 1 aromatic rings. The van der Waals surface area contributed by atoms with Crippen LogP contribution >= 0.6 is 0 Å². The maximum atomic E-state index is 12.8. The number of hydrazine groups is 1. The summed E-state index contributed by atoms with van der Waals surface area (Å²) in [6.45, 7) is 4.31. The lowest BCUT2D eigenvalue weighted by molar-refractivity contribution is -0.137. The van der Waals surface area contributed by atoms with Gasteiger partial charge in [0.25, 0.3) is 0 Å². The first-order chi connectivity index (χ1) is 9.25. The predicted molar refractivity (Wildman–Crippen MR) is 72.6 cm³/mol. The number of halogens is 3. The fourth-order valence-electron chi connectivity index (χ4n) is 3.32. The molecule has 0 aromatic heterocycles. The van der Waals surface area contributed by atoms with Crippen molar-refractivity contribution in [3.05, 3.63) is 35.4 Å². The van der Waals surface area contributed by atoms with E-state index in [1.165, 1.54) is 12.1 Å². The van der Waals surface area contributed by atoms with E-state index in [0.29, 0.717) is 5.56 Å². The highest BCUT2D eigenvalue weighted by Crippen LogP contribution is 2.48. The van der Waals surface area contributed by atoms with Gasteiger partial charge in [-0.15, -0.1) is 0 Å². The zero-order valence-corrected chi connectivity index (χ0v) is 11.8. The molecule has 3 N–H and O–H groups in total. The molecule has 1 aliphatic rings. The van der Waals surface area contributed by atoms with Gasteiger partial charge in [-0.05, 0) is 41.9 Å². The number of hydrogen-bond acceptors (Lipinski definition) is 2. The fraction of sp³-hybridized carbons (Fsp3) is 0.600. The molecule has 1 aromatic carbocycles. The summed E-state index contributed by atoms with van der Waals surface area (Å²) >= 11 is 0. The van der Waals surface area contributed by atoms with Crippen LogP contribution in [0.15, 0.2) is 24.3 Å². The molecule has 1 aliphatic carbocycles. The van der Waals surface area contributed by atoms with E-state index in [4.69, 9.17) is 5.84 Å². The van der Waals surface area contributed by atoms with Crippen molar-refractivity contribution in [1.29, 1.82) is 0 Å². The van der Waals surface area contributed by atoms with Gasteiger partial charge in [-0.25, -0.2) is 0 Å².